The van der Waals surface area contributed by atoms with Crippen molar-refractivity contribution in [2.24, 2.45) is 10.9 Å². The van der Waals surface area contributed by atoms with Crippen LogP contribution in [0.3, 0.4) is 0 Å². The summed E-state index contributed by atoms with van der Waals surface area (Å²) in [5.74, 6) is 1.16. The predicted molar refractivity (Wildman–Crippen MR) is 107 cm³/mol. The fraction of sp³-hybridized carbons (Fsp3) is 0.737. The van der Waals surface area contributed by atoms with Gasteiger partial charge in [0, 0.05) is 38.9 Å². The Hall–Kier alpha value is -2.25. The Labute approximate surface area is 162 Å². The van der Waals surface area contributed by atoms with Crippen molar-refractivity contribution in [1.29, 1.82) is 0 Å². The molecule has 0 aromatic carbocycles. The summed E-state index contributed by atoms with van der Waals surface area (Å²) < 4.78 is 7.42. The first-order valence-corrected chi connectivity index (χ1v) is 9.53. The SMILES string of the molecule is CN=C(NCC(C)Cn1nc(C)cc1C)NC1CN(C(=O)OC(C)(C)C)C1. The van der Waals surface area contributed by atoms with Gasteiger partial charge in [-0.05, 0) is 46.6 Å². The number of hydrogen-bond donors (Lipinski definition) is 2. The monoisotopic (exact) mass is 378 g/mol. The van der Waals surface area contributed by atoms with Gasteiger partial charge in [0.2, 0.25) is 0 Å². The number of likely N-dealkylation sites (tertiary alicyclic amines) is 1. The van der Waals surface area contributed by atoms with Crippen molar-refractivity contribution in [2.45, 2.75) is 59.7 Å². The van der Waals surface area contributed by atoms with Gasteiger partial charge in [-0.1, -0.05) is 6.92 Å². The molecule has 8 heteroatoms. The number of carbonyl (C=O) groups is 1. The Bertz CT molecular complexity index is 670. The van der Waals surface area contributed by atoms with Crippen LogP contribution < -0.4 is 10.6 Å². The van der Waals surface area contributed by atoms with Gasteiger partial charge >= 0.3 is 6.09 Å². The Morgan fingerprint density at radius 3 is 2.59 bits per heavy atom. The molecule has 1 aliphatic heterocycles. The summed E-state index contributed by atoms with van der Waals surface area (Å²) in [5.41, 5.74) is 1.76. The number of aromatic nitrogens is 2. The highest BCUT2D eigenvalue weighted by Crippen LogP contribution is 2.15. The lowest BCUT2D eigenvalue weighted by molar-refractivity contribution is 0.00701. The average Bonchev–Trinajstić information content (AvgIpc) is 2.81. The number of aryl methyl sites for hydroxylation is 2. The van der Waals surface area contributed by atoms with Crippen LogP contribution in [-0.4, -0.2) is 65.1 Å². The average molecular weight is 379 g/mol. The van der Waals surface area contributed by atoms with Gasteiger partial charge in [-0.2, -0.15) is 5.10 Å². The number of aliphatic imine (C=N–C) groups is 1. The van der Waals surface area contributed by atoms with Crippen LogP contribution >= 0.6 is 0 Å². The van der Waals surface area contributed by atoms with Crippen LogP contribution in [0.4, 0.5) is 4.79 Å². The number of rotatable bonds is 5. The Kier molecular flexibility index (Phi) is 6.73. The number of nitrogens with zero attached hydrogens (tertiary/aromatic N) is 4. The minimum absolute atomic E-state index is 0.190. The van der Waals surface area contributed by atoms with Crippen molar-refractivity contribution in [1.82, 2.24) is 25.3 Å². The summed E-state index contributed by atoms with van der Waals surface area (Å²) in [6.45, 7) is 14.8. The summed E-state index contributed by atoms with van der Waals surface area (Å²) >= 11 is 0. The van der Waals surface area contributed by atoms with E-state index in [1.807, 2.05) is 32.4 Å². The molecule has 27 heavy (non-hydrogen) atoms. The highest BCUT2D eigenvalue weighted by molar-refractivity contribution is 5.80. The first kappa shape index (κ1) is 21.1. The molecule has 1 aliphatic rings. The molecule has 0 radical (unpaired) electrons. The van der Waals surface area contributed by atoms with Crippen LogP contribution in [0, 0.1) is 19.8 Å². The molecular weight excluding hydrogens is 344 g/mol. The van der Waals surface area contributed by atoms with Crippen molar-refractivity contribution in [2.75, 3.05) is 26.7 Å². The van der Waals surface area contributed by atoms with E-state index in [1.54, 1.807) is 11.9 Å². The number of carbonyl (C=O) groups excluding carboxylic acids is 1. The highest BCUT2D eigenvalue weighted by atomic mass is 16.6. The van der Waals surface area contributed by atoms with E-state index in [1.165, 1.54) is 5.69 Å². The summed E-state index contributed by atoms with van der Waals surface area (Å²) in [6, 6.07) is 2.28. The molecular formula is C19H34N6O2. The Balaban J connectivity index is 1.71. The smallest absolute Gasteiger partial charge is 0.410 e. The molecule has 1 saturated heterocycles. The van der Waals surface area contributed by atoms with Crippen LogP contribution in [0.15, 0.2) is 11.1 Å². The molecule has 1 fully saturated rings. The van der Waals surface area contributed by atoms with Gasteiger partial charge < -0.3 is 20.3 Å². The van der Waals surface area contributed by atoms with Crippen molar-refractivity contribution < 1.29 is 9.53 Å². The van der Waals surface area contributed by atoms with E-state index in [2.05, 4.69) is 40.6 Å². The van der Waals surface area contributed by atoms with Gasteiger partial charge in [0.05, 0.1) is 11.7 Å². The van der Waals surface area contributed by atoms with E-state index >= 15 is 0 Å². The molecule has 152 valence electrons. The quantitative estimate of drug-likeness (QED) is 0.604. The maximum Gasteiger partial charge on any atom is 0.410 e. The lowest BCUT2D eigenvalue weighted by Crippen LogP contribution is -2.63. The zero-order chi connectivity index (χ0) is 20.2. The molecule has 0 saturated carbocycles. The van der Waals surface area contributed by atoms with Gasteiger partial charge in [-0.25, -0.2) is 4.79 Å². The van der Waals surface area contributed by atoms with E-state index in [-0.39, 0.29) is 12.1 Å². The predicted octanol–water partition coefficient (Wildman–Crippen LogP) is 1.92. The largest absolute Gasteiger partial charge is 0.444 e. The van der Waals surface area contributed by atoms with Crippen molar-refractivity contribution in [3.8, 4) is 0 Å². The molecule has 1 aromatic rings. The number of amides is 1. The number of ether oxygens (including phenoxy) is 1. The minimum atomic E-state index is -0.463. The normalized spacial score (nSPS) is 16.7. The van der Waals surface area contributed by atoms with Crippen LogP contribution in [0.2, 0.25) is 0 Å². The third-order valence-electron chi connectivity index (χ3n) is 4.30. The third-order valence-corrected chi connectivity index (χ3v) is 4.30. The summed E-state index contributed by atoms with van der Waals surface area (Å²) in [7, 11) is 1.76. The topological polar surface area (TPSA) is 83.8 Å². The molecule has 0 aliphatic carbocycles. The molecule has 0 bridgehead atoms. The van der Waals surface area contributed by atoms with Gasteiger partial charge in [0.15, 0.2) is 5.96 Å². The van der Waals surface area contributed by atoms with E-state index in [4.69, 9.17) is 4.74 Å². The summed E-state index contributed by atoms with van der Waals surface area (Å²) in [6.07, 6.45) is -0.262. The van der Waals surface area contributed by atoms with E-state index < -0.39 is 5.60 Å². The van der Waals surface area contributed by atoms with Crippen LogP contribution in [-0.2, 0) is 11.3 Å². The zero-order valence-corrected chi connectivity index (χ0v) is 17.7. The van der Waals surface area contributed by atoms with Gasteiger partial charge in [0.1, 0.15) is 5.60 Å². The molecule has 1 unspecified atom stereocenters. The molecule has 2 N–H and O–H groups in total. The highest BCUT2D eigenvalue weighted by Gasteiger charge is 2.34. The van der Waals surface area contributed by atoms with Crippen LogP contribution in [0.5, 0.6) is 0 Å². The van der Waals surface area contributed by atoms with E-state index in [9.17, 15) is 4.79 Å². The standard InChI is InChI=1S/C19H34N6O2/c1-13(10-25-15(3)8-14(2)23-25)9-21-17(20-7)22-16-11-24(12-16)18(26)27-19(4,5)6/h8,13,16H,9-12H2,1-7H3,(H2,20,21,22). The fourth-order valence-electron chi connectivity index (χ4n) is 2.92. The molecule has 0 spiro atoms. The second-order valence-corrected chi connectivity index (χ2v) is 8.39. The van der Waals surface area contributed by atoms with Crippen LogP contribution in [0.25, 0.3) is 0 Å². The van der Waals surface area contributed by atoms with Crippen molar-refractivity contribution in [3.63, 3.8) is 0 Å². The molecule has 8 nitrogen and oxygen atoms in total. The van der Waals surface area contributed by atoms with Crippen molar-refractivity contribution in [3.05, 3.63) is 17.5 Å². The maximum atomic E-state index is 12.0. The van der Waals surface area contributed by atoms with Gasteiger partial charge in [-0.15, -0.1) is 0 Å². The first-order chi connectivity index (χ1) is 12.6. The first-order valence-electron chi connectivity index (χ1n) is 9.53. The van der Waals surface area contributed by atoms with Crippen molar-refractivity contribution >= 4 is 12.1 Å². The Morgan fingerprint density at radius 2 is 2.07 bits per heavy atom. The zero-order valence-electron chi connectivity index (χ0n) is 17.7. The molecule has 1 amide bonds. The molecule has 1 atom stereocenters. The third kappa shape index (κ3) is 6.45. The number of hydrogen-bond acceptors (Lipinski definition) is 4. The van der Waals surface area contributed by atoms with Gasteiger partial charge in [-0.3, -0.25) is 9.67 Å². The second kappa shape index (κ2) is 8.63. The van der Waals surface area contributed by atoms with Crippen LogP contribution in [0.1, 0.15) is 39.1 Å². The second-order valence-electron chi connectivity index (χ2n) is 8.39. The molecule has 2 rings (SSSR count). The van der Waals surface area contributed by atoms with E-state index in [0.717, 1.165) is 24.7 Å². The van der Waals surface area contributed by atoms with E-state index in [0.29, 0.717) is 19.0 Å². The summed E-state index contributed by atoms with van der Waals surface area (Å²) in [4.78, 5) is 18.0. The molecule has 1 aromatic heterocycles. The summed E-state index contributed by atoms with van der Waals surface area (Å²) in [5, 5.41) is 11.2. The molecule has 2 heterocycles. The number of guanidine groups is 1. The Morgan fingerprint density at radius 1 is 1.41 bits per heavy atom. The fourth-order valence-corrected chi connectivity index (χ4v) is 2.92. The minimum Gasteiger partial charge on any atom is -0.444 e. The lowest BCUT2D eigenvalue weighted by Gasteiger charge is -2.40. The number of nitrogens with one attached hydrogen (secondary N) is 2. The lowest BCUT2D eigenvalue weighted by atomic mass is 10.1. The van der Waals surface area contributed by atoms with Gasteiger partial charge in [0.25, 0.3) is 0 Å². The maximum absolute atomic E-state index is 12.0.